The monoisotopic (exact) mass is 330 g/mol. The lowest BCUT2D eigenvalue weighted by atomic mass is 9.95. The van der Waals surface area contributed by atoms with Crippen molar-refractivity contribution in [2.75, 3.05) is 13.1 Å². The SMILES string of the molecule is CC.Cc1nc(Br)ccc1CN1CCC(C)(F)CC1. The first-order valence-electron chi connectivity index (χ1n) is 7.00. The molecule has 1 fully saturated rings. The minimum absolute atomic E-state index is 0.635. The lowest BCUT2D eigenvalue weighted by Crippen LogP contribution is -2.39. The number of piperidine rings is 1. The smallest absolute Gasteiger partial charge is 0.110 e. The van der Waals surface area contributed by atoms with Gasteiger partial charge in [0.25, 0.3) is 0 Å². The summed E-state index contributed by atoms with van der Waals surface area (Å²) in [5.41, 5.74) is 1.31. The number of rotatable bonds is 2. The summed E-state index contributed by atoms with van der Waals surface area (Å²) < 4.78 is 14.5. The molecule has 2 nitrogen and oxygen atoms in total. The quantitative estimate of drug-likeness (QED) is 0.742. The molecule has 0 unspecified atom stereocenters. The molecule has 1 aliphatic heterocycles. The number of pyridine rings is 1. The molecule has 1 aromatic heterocycles. The van der Waals surface area contributed by atoms with Crippen LogP contribution in [0.25, 0.3) is 0 Å². The second-order valence-corrected chi connectivity index (χ2v) is 5.88. The lowest BCUT2D eigenvalue weighted by molar-refractivity contribution is 0.0703. The Balaban J connectivity index is 0.000000861. The van der Waals surface area contributed by atoms with E-state index in [2.05, 4.69) is 31.9 Å². The van der Waals surface area contributed by atoms with E-state index in [4.69, 9.17) is 0 Å². The first-order valence-corrected chi connectivity index (χ1v) is 7.79. The zero-order valence-electron chi connectivity index (χ0n) is 12.3. The normalized spacial score (nSPS) is 18.6. The summed E-state index contributed by atoms with van der Waals surface area (Å²) in [5.74, 6) is 0. The van der Waals surface area contributed by atoms with E-state index in [0.29, 0.717) is 12.8 Å². The number of likely N-dealkylation sites (tertiary alicyclic amines) is 1. The van der Waals surface area contributed by atoms with Crippen LogP contribution < -0.4 is 0 Å². The number of hydrogen-bond acceptors (Lipinski definition) is 2. The van der Waals surface area contributed by atoms with Crippen LogP contribution in [-0.2, 0) is 6.54 Å². The second-order valence-electron chi connectivity index (χ2n) is 5.07. The van der Waals surface area contributed by atoms with Crippen molar-refractivity contribution in [1.29, 1.82) is 0 Å². The molecule has 1 aliphatic rings. The van der Waals surface area contributed by atoms with Crippen molar-refractivity contribution in [2.45, 2.75) is 52.8 Å². The number of nitrogens with zero attached hydrogens (tertiary/aromatic N) is 2. The molecule has 19 heavy (non-hydrogen) atoms. The highest BCUT2D eigenvalue weighted by Gasteiger charge is 2.29. The van der Waals surface area contributed by atoms with Crippen LogP contribution in [0.15, 0.2) is 16.7 Å². The number of aromatic nitrogens is 1. The highest BCUT2D eigenvalue weighted by atomic mass is 79.9. The summed E-state index contributed by atoms with van der Waals surface area (Å²) in [6.07, 6.45) is 1.27. The maximum Gasteiger partial charge on any atom is 0.110 e. The van der Waals surface area contributed by atoms with E-state index in [1.807, 2.05) is 26.8 Å². The van der Waals surface area contributed by atoms with E-state index in [-0.39, 0.29) is 0 Å². The summed E-state index contributed by atoms with van der Waals surface area (Å²) >= 11 is 3.36. The Labute approximate surface area is 124 Å². The zero-order valence-corrected chi connectivity index (χ0v) is 13.9. The van der Waals surface area contributed by atoms with Crippen molar-refractivity contribution in [3.8, 4) is 0 Å². The highest BCUT2D eigenvalue weighted by molar-refractivity contribution is 9.10. The number of halogens is 2. The molecule has 1 aromatic rings. The third kappa shape index (κ3) is 5.19. The van der Waals surface area contributed by atoms with Crippen molar-refractivity contribution in [2.24, 2.45) is 0 Å². The van der Waals surface area contributed by atoms with Gasteiger partial charge >= 0.3 is 0 Å². The van der Waals surface area contributed by atoms with Gasteiger partial charge in [0.1, 0.15) is 10.3 Å². The number of alkyl halides is 1. The standard InChI is InChI=1S/C13H18BrFN2.C2H6/c1-10-11(3-4-12(14)16-10)9-17-7-5-13(2,15)6-8-17;1-2/h3-4H,5-9H2,1-2H3;1-2H3. The van der Waals surface area contributed by atoms with E-state index < -0.39 is 5.67 Å². The number of aryl methyl sites for hydroxylation is 1. The molecule has 0 saturated carbocycles. The van der Waals surface area contributed by atoms with Crippen molar-refractivity contribution >= 4 is 15.9 Å². The molecule has 0 aromatic carbocycles. The topological polar surface area (TPSA) is 16.1 Å². The fraction of sp³-hybridized carbons (Fsp3) is 0.667. The van der Waals surface area contributed by atoms with Gasteiger partial charge in [-0.05, 0) is 54.2 Å². The maximum absolute atomic E-state index is 13.7. The van der Waals surface area contributed by atoms with Crippen LogP contribution in [-0.4, -0.2) is 28.6 Å². The predicted molar refractivity (Wildman–Crippen MR) is 82.0 cm³/mol. The van der Waals surface area contributed by atoms with Crippen LogP contribution in [0.1, 0.15) is 44.9 Å². The van der Waals surface area contributed by atoms with Gasteiger partial charge in [-0.3, -0.25) is 4.90 Å². The van der Waals surface area contributed by atoms with Gasteiger partial charge in [0.05, 0.1) is 0 Å². The summed E-state index contributed by atoms with van der Waals surface area (Å²) in [6.45, 7) is 10.3. The average molecular weight is 331 g/mol. The van der Waals surface area contributed by atoms with Gasteiger partial charge in [0.2, 0.25) is 0 Å². The molecule has 0 N–H and O–H groups in total. The number of hydrogen-bond donors (Lipinski definition) is 0. The summed E-state index contributed by atoms with van der Waals surface area (Å²) in [4.78, 5) is 6.69. The molecular weight excluding hydrogens is 307 g/mol. The maximum atomic E-state index is 13.7. The molecule has 2 heterocycles. The van der Waals surface area contributed by atoms with Crippen molar-refractivity contribution in [1.82, 2.24) is 9.88 Å². The Hall–Kier alpha value is -0.480. The first-order chi connectivity index (χ1) is 8.96. The third-order valence-corrected chi connectivity index (χ3v) is 3.90. The molecule has 0 atom stereocenters. The van der Waals surface area contributed by atoms with Gasteiger partial charge in [-0.25, -0.2) is 9.37 Å². The van der Waals surface area contributed by atoms with E-state index >= 15 is 0 Å². The van der Waals surface area contributed by atoms with E-state index in [1.165, 1.54) is 5.56 Å². The molecule has 1 saturated heterocycles. The van der Waals surface area contributed by atoms with Crippen LogP contribution in [0.5, 0.6) is 0 Å². The molecular formula is C15H24BrFN2. The molecule has 0 radical (unpaired) electrons. The van der Waals surface area contributed by atoms with Crippen molar-refractivity contribution < 1.29 is 4.39 Å². The molecule has 0 aliphatic carbocycles. The fourth-order valence-corrected chi connectivity index (χ4v) is 2.54. The Morgan fingerprint density at radius 3 is 2.42 bits per heavy atom. The molecule has 108 valence electrons. The zero-order chi connectivity index (χ0) is 14.5. The largest absolute Gasteiger partial charge is 0.299 e. The van der Waals surface area contributed by atoms with Crippen LogP contribution in [0.3, 0.4) is 0 Å². The predicted octanol–water partition coefficient (Wildman–Crippen LogP) is 4.50. The average Bonchev–Trinajstić information content (AvgIpc) is 2.37. The van der Waals surface area contributed by atoms with Gasteiger partial charge < -0.3 is 0 Å². The lowest BCUT2D eigenvalue weighted by Gasteiger charge is -2.34. The molecule has 4 heteroatoms. The van der Waals surface area contributed by atoms with Gasteiger partial charge in [-0.2, -0.15) is 0 Å². The van der Waals surface area contributed by atoms with Crippen LogP contribution in [0.2, 0.25) is 0 Å². The molecule has 0 amide bonds. The van der Waals surface area contributed by atoms with Crippen LogP contribution in [0.4, 0.5) is 4.39 Å². The molecule has 0 spiro atoms. The fourth-order valence-electron chi connectivity index (χ4n) is 2.14. The van der Waals surface area contributed by atoms with Crippen molar-refractivity contribution in [3.63, 3.8) is 0 Å². The first kappa shape index (κ1) is 16.6. The Kier molecular flexibility index (Phi) is 6.40. The second kappa shape index (κ2) is 7.34. The van der Waals surface area contributed by atoms with Gasteiger partial charge in [-0.15, -0.1) is 0 Å². The third-order valence-electron chi connectivity index (χ3n) is 3.45. The minimum Gasteiger partial charge on any atom is -0.299 e. The van der Waals surface area contributed by atoms with Crippen LogP contribution >= 0.6 is 15.9 Å². The Morgan fingerprint density at radius 1 is 1.32 bits per heavy atom. The van der Waals surface area contributed by atoms with E-state index in [9.17, 15) is 4.39 Å². The molecule has 0 bridgehead atoms. The Morgan fingerprint density at radius 2 is 1.89 bits per heavy atom. The summed E-state index contributed by atoms with van der Waals surface area (Å²) in [5, 5.41) is 0. The van der Waals surface area contributed by atoms with Crippen LogP contribution in [0, 0.1) is 6.92 Å². The van der Waals surface area contributed by atoms with E-state index in [0.717, 1.165) is 29.9 Å². The van der Waals surface area contributed by atoms with Crippen molar-refractivity contribution in [3.05, 3.63) is 28.0 Å². The van der Waals surface area contributed by atoms with E-state index in [1.54, 1.807) is 6.92 Å². The van der Waals surface area contributed by atoms with Gasteiger partial charge in [0.15, 0.2) is 0 Å². The summed E-state index contributed by atoms with van der Waals surface area (Å²) in [6, 6.07) is 4.06. The minimum atomic E-state index is -0.969. The highest BCUT2D eigenvalue weighted by Crippen LogP contribution is 2.26. The summed E-state index contributed by atoms with van der Waals surface area (Å²) in [7, 11) is 0. The van der Waals surface area contributed by atoms with Gasteiger partial charge in [0, 0.05) is 25.3 Å². The van der Waals surface area contributed by atoms with Gasteiger partial charge in [-0.1, -0.05) is 19.9 Å². The Bertz CT molecular complexity index is 397. The molecule has 2 rings (SSSR count).